The number of amides is 1. The average Bonchev–Trinajstić information content (AvgIpc) is 2.86. The maximum atomic E-state index is 13.5. The molecule has 0 N–H and O–H groups in total. The molecule has 7 nitrogen and oxygen atoms in total. The topological polar surface area (TPSA) is 77.8 Å². The molecule has 1 aromatic heterocycles. The highest BCUT2D eigenvalue weighted by atomic mass is 16.6. The molecule has 0 spiro atoms. The lowest BCUT2D eigenvalue weighted by atomic mass is 9.89. The number of carbonyl (C=O) groups is 2. The normalized spacial score (nSPS) is 14.6. The summed E-state index contributed by atoms with van der Waals surface area (Å²) in [5.74, 6) is -0.230. The molecule has 0 bridgehead atoms. The van der Waals surface area contributed by atoms with Gasteiger partial charge in [0, 0.05) is 25.1 Å². The van der Waals surface area contributed by atoms with Gasteiger partial charge in [-0.3, -0.25) is 14.2 Å². The maximum Gasteiger partial charge on any atom is 0.410 e. The smallest absolute Gasteiger partial charge is 0.410 e. The van der Waals surface area contributed by atoms with Crippen LogP contribution in [0.4, 0.5) is 4.79 Å². The fourth-order valence-corrected chi connectivity index (χ4v) is 4.91. The second-order valence-electron chi connectivity index (χ2n) is 11.2. The van der Waals surface area contributed by atoms with Gasteiger partial charge in [0.25, 0.3) is 5.56 Å². The van der Waals surface area contributed by atoms with Crippen LogP contribution in [0, 0.1) is 0 Å². The van der Waals surface area contributed by atoms with Gasteiger partial charge in [0.1, 0.15) is 5.60 Å². The number of piperidine rings is 1. The Morgan fingerprint density at radius 2 is 1.62 bits per heavy atom. The summed E-state index contributed by atoms with van der Waals surface area (Å²) in [7, 11) is 0. The summed E-state index contributed by atoms with van der Waals surface area (Å²) in [6, 6.07) is 9.65. The molecule has 0 atom stereocenters. The molecule has 1 fully saturated rings. The van der Waals surface area contributed by atoms with Gasteiger partial charge in [0.2, 0.25) is 0 Å². The van der Waals surface area contributed by atoms with Crippen molar-refractivity contribution in [3.05, 3.63) is 46.2 Å². The number of fused-ring (bicyclic) bond motifs is 1. The number of esters is 1. The van der Waals surface area contributed by atoms with E-state index in [-0.39, 0.29) is 30.3 Å². The molecule has 204 valence electrons. The minimum absolute atomic E-state index is 0.0328. The Morgan fingerprint density at radius 1 is 0.973 bits per heavy atom. The van der Waals surface area contributed by atoms with Crippen molar-refractivity contribution in [2.24, 2.45) is 0 Å². The number of carbonyl (C=O) groups excluding carboxylic acids is 2. The first kappa shape index (κ1) is 28.7. The number of rotatable bonds is 11. The molecule has 1 aliphatic heterocycles. The van der Waals surface area contributed by atoms with Crippen LogP contribution in [0.15, 0.2) is 35.1 Å². The third-order valence-electron chi connectivity index (χ3n) is 6.96. The zero-order valence-corrected chi connectivity index (χ0v) is 23.1. The van der Waals surface area contributed by atoms with E-state index in [1.54, 1.807) is 9.47 Å². The first-order valence-corrected chi connectivity index (χ1v) is 14.0. The first-order chi connectivity index (χ1) is 17.7. The standard InChI is InChI=1S/C30H44N2O5/c1-5-6-7-8-9-10-11-16-27(33)36-22-32-26-15-13-12-14-24(26)21-25(28(32)34)23-17-19-31(20-18-23)29(35)37-30(2,3)4/h12-15,21,23H,5-11,16-20,22H2,1-4H3. The summed E-state index contributed by atoms with van der Waals surface area (Å²) < 4.78 is 12.6. The summed E-state index contributed by atoms with van der Waals surface area (Å²) in [5, 5.41) is 0.940. The number of unbranched alkanes of at least 4 members (excludes halogenated alkanes) is 6. The van der Waals surface area contributed by atoms with Crippen LogP contribution in [0.1, 0.15) is 103 Å². The molecule has 7 heteroatoms. The summed E-state index contributed by atoms with van der Waals surface area (Å²) >= 11 is 0. The van der Waals surface area contributed by atoms with Crippen molar-refractivity contribution in [3.8, 4) is 0 Å². The largest absolute Gasteiger partial charge is 0.444 e. The Balaban J connectivity index is 1.63. The number of aromatic nitrogens is 1. The quantitative estimate of drug-likeness (QED) is 0.246. The molecule has 0 saturated carbocycles. The number of benzene rings is 1. The van der Waals surface area contributed by atoms with Crippen molar-refractivity contribution < 1.29 is 19.1 Å². The highest BCUT2D eigenvalue weighted by molar-refractivity contribution is 5.80. The van der Waals surface area contributed by atoms with E-state index in [1.165, 1.54) is 25.7 Å². The molecule has 1 saturated heterocycles. The van der Waals surface area contributed by atoms with Crippen LogP contribution in [-0.2, 0) is 21.0 Å². The van der Waals surface area contributed by atoms with Crippen molar-refractivity contribution in [2.75, 3.05) is 13.1 Å². The van der Waals surface area contributed by atoms with E-state index in [0.29, 0.717) is 37.9 Å². The van der Waals surface area contributed by atoms with E-state index in [1.807, 2.05) is 51.1 Å². The molecule has 0 radical (unpaired) electrons. The average molecular weight is 513 g/mol. The lowest BCUT2D eigenvalue weighted by molar-refractivity contribution is -0.147. The van der Waals surface area contributed by atoms with E-state index in [9.17, 15) is 14.4 Å². The minimum Gasteiger partial charge on any atom is -0.444 e. The fraction of sp³-hybridized carbons (Fsp3) is 0.633. The molecule has 3 rings (SSSR count). The van der Waals surface area contributed by atoms with Gasteiger partial charge in [-0.2, -0.15) is 0 Å². The number of para-hydroxylation sites is 1. The molecule has 1 amide bonds. The van der Waals surface area contributed by atoms with E-state index < -0.39 is 5.60 Å². The Bertz CT molecular complexity index is 1090. The SMILES string of the molecule is CCCCCCCCCC(=O)OCn1c(=O)c(C2CCN(C(=O)OC(C)(C)C)CC2)cc2ccccc21. The first-order valence-electron chi connectivity index (χ1n) is 14.0. The van der Waals surface area contributed by atoms with E-state index in [4.69, 9.17) is 9.47 Å². The Morgan fingerprint density at radius 3 is 2.30 bits per heavy atom. The van der Waals surface area contributed by atoms with Crippen LogP contribution < -0.4 is 5.56 Å². The minimum atomic E-state index is -0.536. The van der Waals surface area contributed by atoms with E-state index in [0.717, 1.165) is 30.2 Å². The number of likely N-dealkylation sites (tertiary alicyclic amines) is 1. The van der Waals surface area contributed by atoms with Crippen molar-refractivity contribution in [2.45, 2.75) is 110 Å². The summed E-state index contributed by atoms with van der Waals surface area (Å²) in [6.07, 6.45) is 9.40. The van der Waals surface area contributed by atoms with Gasteiger partial charge in [-0.1, -0.05) is 63.6 Å². The van der Waals surface area contributed by atoms with Crippen LogP contribution in [0.5, 0.6) is 0 Å². The zero-order chi connectivity index (χ0) is 26.8. The predicted octanol–water partition coefficient (Wildman–Crippen LogP) is 6.76. The molecule has 37 heavy (non-hydrogen) atoms. The van der Waals surface area contributed by atoms with Crippen molar-refractivity contribution in [3.63, 3.8) is 0 Å². The van der Waals surface area contributed by atoms with Crippen LogP contribution >= 0.6 is 0 Å². The summed E-state index contributed by atoms with van der Waals surface area (Å²) in [4.78, 5) is 40.1. The molecule has 2 aromatic rings. The lowest BCUT2D eigenvalue weighted by Gasteiger charge is -2.33. The molecule has 1 aromatic carbocycles. The van der Waals surface area contributed by atoms with Crippen molar-refractivity contribution in [1.82, 2.24) is 9.47 Å². The molecular weight excluding hydrogens is 468 g/mol. The molecule has 1 aliphatic rings. The highest BCUT2D eigenvalue weighted by Crippen LogP contribution is 2.29. The number of hydrogen-bond acceptors (Lipinski definition) is 5. The molecular formula is C30H44N2O5. The Labute approximate surface area is 221 Å². The zero-order valence-electron chi connectivity index (χ0n) is 23.1. The van der Waals surface area contributed by atoms with Gasteiger partial charge < -0.3 is 14.4 Å². The number of nitrogens with zero attached hydrogens (tertiary/aromatic N) is 2. The second-order valence-corrected chi connectivity index (χ2v) is 11.2. The van der Waals surface area contributed by atoms with Crippen LogP contribution in [0.2, 0.25) is 0 Å². The maximum absolute atomic E-state index is 13.5. The predicted molar refractivity (Wildman–Crippen MR) is 147 cm³/mol. The van der Waals surface area contributed by atoms with Crippen molar-refractivity contribution in [1.29, 1.82) is 0 Å². The summed E-state index contributed by atoms with van der Waals surface area (Å²) in [6.45, 7) is 8.78. The number of ether oxygens (including phenoxy) is 2. The van der Waals surface area contributed by atoms with Crippen LogP contribution in [0.3, 0.4) is 0 Å². The van der Waals surface area contributed by atoms with Gasteiger partial charge in [0.05, 0.1) is 5.52 Å². The Kier molecular flexibility index (Phi) is 10.6. The van der Waals surface area contributed by atoms with E-state index in [2.05, 4.69) is 6.92 Å². The van der Waals surface area contributed by atoms with Gasteiger partial charge >= 0.3 is 12.1 Å². The third kappa shape index (κ3) is 8.61. The van der Waals surface area contributed by atoms with Gasteiger partial charge in [-0.15, -0.1) is 0 Å². The molecule has 0 aliphatic carbocycles. The highest BCUT2D eigenvalue weighted by Gasteiger charge is 2.29. The van der Waals surface area contributed by atoms with Crippen LogP contribution in [-0.4, -0.2) is 40.2 Å². The van der Waals surface area contributed by atoms with E-state index >= 15 is 0 Å². The molecule has 0 unspecified atom stereocenters. The monoisotopic (exact) mass is 512 g/mol. The fourth-order valence-electron chi connectivity index (χ4n) is 4.91. The molecule has 2 heterocycles. The second kappa shape index (κ2) is 13.6. The third-order valence-corrected chi connectivity index (χ3v) is 6.96. The summed E-state index contributed by atoms with van der Waals surface area (Å²) in [5.41, 5.74) is 0.807. The number of hydrogen-bond donors (Lipinski definition) is 0. The van der Waals surface area contributed by atoms with Gasteiger partial charge in [-0.05, 0) is 63.5 Å². The van der Waals surface area contributed by atoms with Crippen molar-refractivity contribution >= 4 is 23.0 Å². The van der Waals surface area contributed by atoms with Crippen LogP contribution in [0.25, 0.3) is 10.9 Å². The van der Waals surface area contributed by atoms with Gasteiger partial charge in [0.15, 0.2) is 6.73 Å². The van der Waals surface area contributed by atoms with Gasteiger partial charge in [-0.25, -0.2) is 4.79 Å². The Hall–Kier alpha value is -2.83. The number of pyridine rings is 1. The lowest BCUT2D eigenvalue weighted by Crippen LogP contribution is -2.42.